The highest BCUT2D eigenvalue weighted by Gasteiger charge is 2.31. The van der Waals surface area contributed by atoms with Crippen molar-refractivity contribution in [1.82, 2.24) is 10.4 Å². The van der Waals surface area contributed by atoms with Crippen LogP contribution in [0.5, 0.6) is 0 Å². The van der Waals surface area contributed by atoms with Gasteiger partial charge in [-0.15, -0.1) is 4.40 Å². The van der Waals surface area contributed by atoms with Crippen LogP contribution in [-0.4, -0.2) is 32.2 Å². The molecular weight excluding hydrogens is 382 g/mol. The molecule has 1 aliphatic rings. The van der Waals surface area contributed by atoms with Crippen LogP contribution in [0.3, 0.4) is 0 Å². The Bertz CT molecular complexity index is 925. The number of nitrogens with zero attached hydrogens (tertiary/aromatic N) is 2. The minimum Gasteiger partial charge on any atom is -0.270 e. The summed E-state index contributed by atoms with van der Waals surface area (Å²) in [5.74, 6) is -0.189. The SMILES string of the molecule is CN(NC(=O)c1ccccc1Br)C1=NS(=O)(=O)c2ccccc21. The highest BCUT2D eigenvalue weighted by atomic mass is 79.9. The van der Waals surface area contributed by atoms with E-state index in [0.717, 1.165) is 0 Å². The van der Waals surface area contributed by atoms with E-state index in [1.54, 1.807) is 49.5 Å². The fraction of sp³-hybridized carbons (Fsp3) is 0.0667. The minimum absolute atomic E-state index is 0.136. The van der Waals surface area contributed by atoms with Crippen LogP contribution in [0.15, 0.2) is 62.3 Å². The molecule has 0 saturated heterocycles. The number of fused-ring (bicyclic) bond motifs is 1. The van der Waals surface area contributed by atoms with Crippen LogP contribution in [0.25, 0.3) is 0 Å². The fourth-order valence-electron chi connectivity index (χ4n) is 2.24. The largest absolute Gasteiger partial charge is 0.285 e. The lowest BCUT2D eigenvalue weighted by atomic mass is 10.2. The number of carbonyl (C=O) groups excluding carboxylic acids is 1. The number of halogens is 1. The van der Waals surface area contributed by atoms with Crippen molar-refractivity contribution in [2.45, 2.75) is 4.90 Å². The number of benzene rings is 2. The van der Waals surface area contributed by atoms with E-state index in [1.165, 1.54) is 11.1 Å². The van der Waals surface area contributed by atoms with Crippen molar-refractivity contribution < 1.29 is 13.2 Å². The van der Waals surface area contributed by atoms with Crippen molar-refractivity contribution in [3.05, 3.63) is 64.1 Å². The van der Waals surface area contributed by atoms with Gasteiger partial charge in [0.25, 0.3) is 15.9 Å². The number of sulfonamides is 1. The van der Waals surface area contributed by atoms with Gasteiger partial charge in [-0.3, -0.25) is 15.2 Å². The number of rotatable bonds is 1. The number of hydrogen-bond donors (Lipinski definition) is 1. The Kier molecular flexibility index (Phi) is 3.95. The zero-order chi connectivity index (χ0) is 16.6. The molecule has 8 heteroatoms. The lowest BCUT2D eigenvalue weighted by Crippen LogP contribution is -2.43. The van der Waals surface area contributed by atoms with E-state index < -0.39 is 10.0 Å². The summed E-state index contributed by atoms with van der Waals surface area (Å²) in [4.78, 5) is 12.5. The number of hydrogen-bond acceptors (Lipinski definition) is 4. The molecule has 6 nitrogen and oxygen atoms in total. The molecule has 2 aromatic carbocycles. The van der Waals surface area contributed by atoms with Gasteiger partial charge in [0.1, 0.15) is 4.90 Å². The standard InChI is InChI=1S/C15H12BrN3O3S/c1-19(17-15(20)10-6-2-4-8-12(10)16)14-11-7-3-5-9-13(11)23(21,22)18-14/h2-9H,1H3,(H,17,20). The zero-order valence-electron chi connectivity index (χ0n) is 12.0. The molecule has 1 heterocycles. The maximum absolute atomic E-state index is 12.3. The highest BCUT2D eigenvalue weighted by Crippen LogP contribution is 2.26. The van der Waals surface area contributed by atoms with Crippen LogP contribution < -0.4 is 5.43 Å². The minimum atomic E-state index is -3.72. The number of hydrazine groups is 1. The summed E-state index contributed by atoms with van der Waals surface area (Å²) in [7, 11) is -2.18. The van der Waals surface area contributed by atoms with E-state index in [9.17, 15) is 13.2 Å². The topological polar surface area (TPSA) is 78.8 Å². The summed E-state index contributed by atoms with van der Waals surface area (Å²) in [5.41, 5.74) is 3.53. The van der Waals surface area contributed by atoms with Gasteiger partial charge in [-0.25, -0.2) is 0 Å². The van der Waals surface area contributed by atoms with E-state index >= 15 is 0 Å². The molecular formula is C15H12BrN3O3S. The second-order valence-corrected chi connectivity index (χ2v) is 7.29. The third-order valence-electron chi connectivity index (χ3n) is 3.32. The maximum atomic E-state index is 12.3. The van der Waals surface area contributed by atoms with Gasteiger partial charge in [-0.2, -0.15) is 8.42 Å². The Labute approximate surface area is 142 Å². The molecule has 0 saturated carbocycles. The summed E-state index contributed by atoms with van der Waals surface area (Å²) in [6.07, 6.45) is 0. The first-order valence-electron chi connectivity index (χ1n) is 6.64. The van der Waals surface area contributed by atoms with E-state index in [4.69, 9.17) is 0 Å². The molecule has 1 amide bonds. The third kappa shape index (κ3) is 2.87. The van der Waals surface area contributed by atoms with Crippen LogP contribution in [0, 0.1) is 0 Å². The van der Waals surface area contributed by atoms with Crippen molar-refractivity contribution >= 4 is 37.7 Å². The monoisotopic (exact) mass is 393 g/mol. The van der Waals surface area contributed by atoms with Gasteiger partial charge < -0.3 is 0 Å². The third-order valence-corrected chi connectivity index (χ3v) is 5.33. The van der Waals surface area contributed by atoms with Crippen molar-refractivity contribution in [2.75, 3.05) is 7.05 Å². The van der Waals surface area contributed by atoms with E-state index in [-0.39, 0.29) is 16.6 Å². The van der Waals surface area contributed by atoms with Crippen molar-refractivity contribution in [3.8, 4) is 0 Å². The number of amidine groups is 1. The van der Waals surface area contributed by atoms with Crippen LogP contribution in [0.1, 0.15) is 15.9 Å². The van der Waals surface area contributed by atoms with Gasteiger partial charge in [-0.1, -0.05) is 24.3 Å². The van der Waals surface area contributed by atoms with Crippen LogP contribution in [-0.2, 0) is 10.0 Å². The van der Waals surface area contributed by atoms with Gasteiger partial charge >= 0.3 is 0 Å². The van der Waals surface area contributed by atoms with Gasteiger partial charge in [0, 0.05) is 17.1 Å². The number of amides is 1. The molecule has 0 spiro atoms. The summed E-state index contributed by atoms with van der Waals surface area (Å²) in [6.45, 7) is 0. The smallest absolute Gasteiger partial charge is 0.270 e. The first-order valence-corrected chi connectivity index (χ1v) is 8.87. The molecule has 0 bridgehead atoms. The molecule has 0 atom stereocenters. The molecule has 23 heavy (non-hydrogen) atoms. The van der Waals surface area contributed by atoms with Gasteiger partial charge in [-0.05, 0) is 40.2 Å². The first-order chi connectivity index (χ1) is 10.9. The van der Waals surface area contributed by atoms with Gasteiger partial charge in [0.2, 0.25) is 0 Å². The second-order valence-electron chi connectivity index (χ2n) is 4.87. The lowest BCUT2D eigenvalue weighted by Gasteiger charge is -2.20. The lowest BCUT2D eigenvalue weighted by molar-refractivity contribution is 0.0886. The summed E-state index contributed by atoms with van der Waals surface area (Å²) in [5, 5.41) is 1.31. The van der Waals surface area contributed by atoms with E-state index in [2.05, 4.69) is 25.8 Å². The second kappa shape index (κ2) is 5.78. The molecule has 118 valence electrons. The molecule has 0 fully saturated rings. The molecule has 3 rings (SSSR count). The fourth-order valence-corrected chi connectivity index (χ4v) is 3.94. The average molecular weight is 394 g/mol. The molecule has 1 aliphatic heterocycles. The van der Waals surface area contributed by atoms with Gasteiger partial charge in [0.15, 0.2) is 5.84 Å². The predicted molar refractivity (Wildman–Crippen MR) is 89.5 cm³/mol. The Hall–Kier alpha value is -2.19. The van der Waals surface area contributed by atoms with Crippen LogP contribution in [0.4, 0.5) is 0 Å². The number of nitrogens with one attached hydrogen (secondary N) is 1. The Morgan fingerprint density at radius 2 is 1.78 bits per heavy atom. The molecule has 2 aromatic rings. The zero-order valence-corrected chi connectivity index (χ0v) is 14.4. The Morgan fingerprint density at radius 1 is 1.13 bits per heavy atom. The van der Waals surface area contributed by atoms with E-state index in [1.807, 2.05) is 0 Å². The first kappa shape index (κ1) is 15.7. The van der Waals surface area contributed by atoms with Crippen molar-refractivity contribution in [1.29, 1.82) is 0 Å². The summed E-state index contributed by atoms with van der Waals surface area (Å²) >= 11 is 3.31. The van der Waals surface area contributed by atoms with Crippen molar-refractivity contribution in [3.63, 3.8) is 0 Å². The summed E-state index contributed by atoms with van der Waals surface area (Å²) < 4.78 is 28.5. The Balaban J connectivity index is 1.89. The predicted octanol–water partition coefficient (Wildman–Crippen LogP) is 2.17. The molecule has 1 N–H and O–H groups in total. The van der Waals surface area contributed by atoms with Crippen molar-refractivity contribution in [2.24, 2.45) is 4.40 Å². The van der Waals surface area contributed by atoms with E-state index in [0.29, 0.717) is 15.6 Å². The van der Waals surface area contributed by atoms with Crippen LogP contribution in [0.2, 0.25) is 0 Å². The molecule has 0 aromatic heterocycles. The number of carbonyl (C=O) groups is 1. The molecule has 0 radical (unpaired) electrons. The maximum Gasteiger partial charge on any atom is 0.285 e. The van der Waals surface area contributed by atoms with Gasteiger partial charge in [0.05, 0.1) is 5.56 Å². The summed E-state index contributed by atoms with van der Waals surface area (Å²) in [6, 6.07) is 13.5. The normalized spacial score (nSPS) is 14.8. The average Bonchev–Trinajstić information content (AvgIpc) is 2.80. The molecule has 0 unspecified atom stereocenters. The quantitative estimate of drug-likeness (QED) is 0.753. The Morgan fingerprint density at radius 3 is 2.52 bits per heavy atom. The molecule has 0 aliphatic carbocycles. The highest BCUT2D eigenvalue weighted by molar-refractivity contribution is 9.10. The van der Waals surface area contributed by atoms with Crippen LogP contribution >= 0.6 is 15.9 Å².